The monoisotopic (exact) mass is 197 g/mol. The van der Waals surface area contributed by atoms with Crippen LogP contribution in [0.15, 0.2) is 0 Å². The van der Waals surface area contributed by atoms with Crippen LogP contribution in [0.4, 0.5) is 0 Å². The Bertz CT molecular complexity index is 152. The molecule has 5 heteroatoms. The van der Waals surface area contributed by atoms with Crippen molar-refractivity contribution in [3.05, 3.63) is 0 Å². The number of hydrogen-bond acceptors (Lipinski definition) is 2. The summed E-state index contributed by atoms with van der Waals surface area (Å²) in [5.74, 6) is 0.477. The van der Waals surface area contributed by atoms with Gasteiger partial charge in [-0.1, -0.05) is 13.8 Å². The fourth-order valence-corrected chi connectivity index (χ4v) is 2.10. The van der Waals surface area contributed by atoms with Crippen molar-refractivity contribution < 1.29 is 9.42 Å². The summed E-state index contributed by atoms with van der Waals surface area (Å²) in [5.41, 5.74) is 0. The molecule has 0 aromatic rings. The van der Waals surface area contributed by atoms with Crippen LogP contribution in [0.25, 0.3) is 0 Å². The average molecular weight is 197 g/mol. The van der Waals surface area contributed by atoms with E-state index in [2.05, 4.69) is 5.09 Å². The lowest BCUT2D eigenvalue weighted by Gasteiger charge is -2.16. The normalized spacial score (nSPS) is 16.8. The Morgan fingerprint density at radius 3 is 2.55 bits per heavy atom. The van der Waals surface area contributed by atoms with Gasteiger partial charge in [0.05, 0.1) is 6.61 Å². The van der Waals surface area contributed by atoms with E-state index in [1.165, 1.54) is 0 Å². The van der Waals surface area contributed by atoms with Crippen molar-refractivity contribution >= 4 is 18.4 Å². The van der Waals surface area contributed by atoms with Crippen molar-refractivity contribution in [2.45, 2.75) is 20.8 Å². The van der Waals surface area contributed by atoms with Gasteiger partial charge in [0, 0.05) is 6.54 Å². The van der Waals surface area contributed by atoms with Crippen molar-refractivity contribution in [1.82, 2.24) is 5.09 Å². The molecule has 0 aromatic heterocycles. The van der Waals surface area contributed by atoms with E-state index < -0.39 is 6.64 Å². The summed E-state index contributed by atoms with van der Waals surface area (Å²) in [5, 5.41) is 2.82. The zero-order valence-corrected chi connectivity index (χ0v) is 8.91. The van der Waals surface area contributed by atoms with Crippen molar-refractivity contribution in [2.24, 2.45) is 5.92 Å². The minimum absolute atomic E-state index is 0.457. The topological polar surface area (TPSA) is 41.5 Å². The quantitative estimate of drug-likeness (QED) is 0.655. The zero-order chi connectivity index (χ0) is 8.91. The van der Waals surface area contributed by atoms with E-state index in [9.17, 15) is 4.89 Å². The third-order valence-corrected chi connectivity index (χ3v) is 2.90. The molecule has 0 rings (SSSR count). The van der Waals surface area contributed by atoms with E-state index >= 15 is 0 Å². The Hall–Kier alpha value is 0.530. The summed E-state index contributed by atoms with van der Waals surface area (Å²) in [7, 11) is 0. The van der Waals surface area contributed by atoms with Crippen molar-refractivity contribution in [1.29, 1.82) is 0 Å². The molecule has 11 heavy (non-hydrogen) atoms. The highest BCUT2D eigenvalue weighted by molar-refractivity contribution is 8.08. The molecule has 0 aliphatic heterocycles. The van der Waals surface area contributed by atoms with E-state index in [-0.39, 0.29) is 0 Å². The molecule has 0 spiro atoms. The van der Waals surface area contributed by atoms with E-state index in [4.69, 9.17) is 16.3 Å². The Kier molecular flexibility index (Phi) is 5.48. The molecule has 0 radical (unpaired) electrons. The van der Waals surface area contributed by atoms with Crippen LogP contribution in [-0.4, -0.2) is 18.0 Å². The third-order valence-electron chi connectivity index (χ3n) is 1.00. The SMILES string of the molecule is CCOP(O)(=S)NCC(C)C. The van der Waals surface area contributed by atoms with Crippen molar-refractivity contribution in [3.63, 3.8) is 0 Å². The maximum absolute atomic E-state index is 9.36. The van der Waals surface area contributed by atoms with Gasteiger partial charge < -0.3 is 9.42 Å². The van der Waals surface area contributed by atoms with Crippen LogP contribution in [0.1, 0.15) is 20.8 Å². The third kappa shape index (κ3) is 6.91. The fourth-order valence-electron chi connectivity index (χ4n) is 0.519. The second kappa shape index (κ2) is 5.22. The maximum atomic E-state index is 9.36. The van der Waals surface area contributed by atoms with Gasteiger partial charge in [-0.3, -0.25) is 0 Å². The van der Waals surface area contributed by atoms with Gasteiger partial charge in [-0.2, -0.15) is 0 Å². The van der Waals surface area contributed by atoms with Gasteiger partial charge in [0.15, 0.2) is 0 Å². The Labute approximate surface area is 73.4 Å². The standard InChI is InChI=1S/C6H16NO2PS/c1-4-9-10(8,11)7-5-6(2)3/h6H,4-5H2,1-3H3,(H2,7,8,11). The van der Waals surface area contributed by atoms with Crippen LogP contribution in [-0.2, 0) is 16.3 Å². The molecule has 0 saturated heterocycles. The first kappa shape index (κ1) is 11.5. The highest BCUT2D eigenvalue weighted by Crippen LogP contribution is 2.36. The molecule has 68 valence electrons. The molecule has 0 amide bonds. The van der Waals surface area contributed by atoms with E-state index in [1.54, 1.807) is 0 Å². The first-order valence-corrected chi connectivity index (χ1v) is 6.37. The first-order valence-electron chi connectivity index (χ1n) is 3.70. The van der Waals surface area contributed by atoms with Crippen LogP contribution in [0, 0.1) is 5.92 Å². The second-order valence-corrected chi connectivity index (χ2v) is 5.79. The van der Waals surface area contributed by atoms with Crippen LogP contribution < -0.4 is 5.09 Å². The lowest BCUT2D eigenvalue weighted by molar-refractivity contribution is 0.316. The molecule has 0 fully saturated rings. The first-order chi connectivity index (χ1) is 4.98. The molecule has 3 nitrogen and oxygen atoms in total. The van der Waals surface area contributed by atoms with Gasteiger partial charge in [0.2, 0.25) is 0 Å². The molecule has 0 bridgehead atoms. The molecule has 0 heterocycles. The maximum Gasteiger partial charge on any atom is 0.258 e. The Morgan fingerprint density at radius 1 is 1.64 bits per heavy atom. The molecule has 0 saturated carbocycles. The summed E-state index contributed by atoms with van der Waals surface area (Å²) in [6.45, 7) is 4.41. The summed E-state index contributed by atoms with van der Waals surface area (Å²) < 4.78 is 4.95. The Balaban J connectivity index is 3.64. The van der Waals surface area contributed by atoms with Gasteiger partial charge >= 0.3 is 0 Å². The van der Waals surface area contributed by atoms with E-state index in [0.29, 0.717) is 19.1 Å². The van der Waals surface area contributed by atoms with Gasteiger partial charge in [-0.15, -0.1) is 0 Å². The molecule has 2 N–H and O–H groups in total. The molecule has 0 aliphatic carbocycles. The van der Waals surface area contributed by atoms with Gasteiger partial charge in [0.25, 0.3) is 6.64 Å². The highest BCUT2D eigenvalue weighted by atomic mass is 32.5. The zero-order valence-electron chi connectivity index (χ0n) is 7.20. The predicted molar refractivity (Wildman–Crippen MR) is 51.0 cm³/mol. The van der Waals surface area contributed by atoms with Gasteiger partial charge in [-0.25, -0.2) is 5.09 Å². The molecular weight excluding hydrogens is 181 g/mol. The van der Waals surface area contributed by atoms with Crippen LogP contribution in [0.5, 0.6) is 0 Å². The Morgan fingerprint density at radius 2 is 2.18 bits per heavy atom. The number of nitrogens with one attached hydrogen (secondary N) is 1. The second-order valence-electron chi connectivity index (χ2n) is 2.69. The van der Waals surface area contributed by atoms with E-state index in [0.717, 1.165) is 0 Å². The summed E-state index contributed by atoms with van der Waals surface area (Å²) in [6.07, 6.45) is 0. The summed E-state index contributed by atoms with van der Waals surface area (Å²) in [6, 6.07) is 0. The lowest BCUT2D eigenvalue weighted by Crippen LogP contribution is -2.17. The lowest BCUT2D eigenvalue weighted by atomic mass is 10.2. The molecular formula is C6H16NO2PS. The van der Waals surface area contributed by atoms with Crippen molar-refractivity contribution in [2.75, 3.05) is 13.2 Å². The number of hydrogen-bond donors (Lipinski definition) is 2. The average Bonchev–Trinajstić information content (AvgIpc) is 1.84. The molecule has 1 atom stereocenters. The minimum atomic E-state index is -2.66. The fraction of sp³-hybridized carbons (Fsp3) is 1.00. The molecule has 0 aliphatic rings. The highest BCUT2D eigenvalue weighted by Gasteiger charge is 2.11. The van der Waals surface area contributed by atoms with Crippen LogP contribution in [0.3, 0.4) is 0 Å². The van der Waals surface area contributed by atoms with Crippen molar-refractivity contribution in [3.8, 4) is 0 Å². The summed E-state index contributed by atoms with van der Waals surface area (Å²) in [4.78, 5) is 9.36. The van der Waals surface area contributed by atoms with E-state index in [1.807, 2.05) is 20.8 Å². The van der Waals surface area contributed by atoms with Gasteiger partial charge in [-0.05, 0) is 24.6 Å². The van der Waals surface area contributed by atoms with Gasteiger partial charge in [0.1, 0.15) is 0 Å². The molecule has 0 aromatic carbocycles. The van der Waals surface area contributed by atoms with Crippen LogP contribution in [0.2, 0.25) is 0 Å². The number of rotatable bonds is 5. The minimum Gasteiger partial charge on any atom is -0.334 e. The largest absolute Gasteiger partial charge is 0.334 e. The molecule has 1 unspecified atom stereocenters. The predicted octanol–water partition coefficient (Wildman–Crippen LogP) is 1.49. The summed E-state index contributed by atoms with van der Waals surface area (Å²) >= 11 is 4.79. The smallest absolute Gasteiger partial charge is 0.258 e. The van der Waals surface area contributed by atoms with Crippen LogP contribution >= 0.6 is 6.64 Å².